The van der Waals surface area contributed by atoms with Gasteiger partial charge in [0.2, 0.25) is 0 Å². The number of alkyl carbamates (subject to hydrolysis) is 1. The van der Waals surface area contributed by atoms with Gasteiger partial charge in [0, 0.05) is 12.2 Å². The van der Waals surface area contributed by atoms with Crippen molar-refractivity contribution < 1.29 is 29.3 Å². The van der Waals surface area contributed by atoms with Crippen LogP contribution in [-0.4, -0.2) is 42.0 Å². The Labute approximate surface area is 162 Å². The van der Waals surface area contributed by atoms with E-state index in [9.17, 15) is 19.8 Å². The fraction of sp³-hybridized carbons (Fsp3) is 0.300. The Balaban J connectivity index is 1.95. The summed E-state index contributed by atoms with van der Waals surface area (Å²) >= 11 is 0. The van der Waals surface area contributed by atoms with Crippen LogP contribution in [0.1, 0.15) is 33.2 Å². The number of anilines is 1. The van der Waals surface area contributed by atoms with E-state index >= 15 is 0 Å². The molecule has 2 aromatic carbocycles. The maximum absolute atomic E-state index is 11.8. The number of esters is 1. The highest BCUT2D eigenvalue weighted by Gasteiger charge is 2.23. The average molecular weight is 388 g/mol. The van der Waals surface area contributed by atoms with Gasteiger partial charge in [-0.1, -0.05) is 30.3 Å². The maximum Gasteiger partial charge on any atom is 0.407 e. The molecule has 28 heavy (non-hydrogen) atoms. The molecule has 0 saturated heterocycles. The third-order valence-corrected chi connectivity index (χ3v) is 4.25. The van der Waals surface area contributed by atoms with Crippen molar-refractivity contribution in [2.45, 2.75) is 25.7 Å². The number of nitrogens with one attached hydrogen (secondary N) is 1. The van der Waals surface area contributed by atoms with E-state index in [2.05, 4.69) is 5.32 Å². The Hall–Kier alpha value is -3.10. The minimum absolute atomic E-state index is 0.0856. The fourth-order valence-electron chi connectivity index (χ4n) is 2.55. The Morgan fingerprint density at radius 1 is 1.18 bits per heavy atom. The van der Waals surface area contributed by atoms with Gasteiger partial charge in [-0.15, -0.1) is 0 Å². The molecule has 1 amide bonds. The van der Waals surface area contributed by atoms with Crippen LogP contribution in [-0.2, 0) is 16.1 Å². The Kier molecular flexibility index (Phi) is 7.36. The van der Waals surface area contributed by atoms with Gasteiger partial charge in [-0.3, -0.25) is 0 Å². The molecular weight excluding hydrogens is 364 g/mol. The number of hydrogen-bond donors (Lipinski definition) is 4. The van der Waals surface area contributed by atoms with Crippen LogP contribution < -0.4 is 11.1 Å². The van der Waals surface area contributed by atoms with Crippen LogP contribution in [0.4, 0.5) is 10.5 Å². The minimum atomic E-state index is -1.37. The fourth-order valence-corrected chi connectivity index (χ4v) is 2.55. The standard InChI is InChI=1S/C20H24N2O6/c1-12-15(19(25)27-2)8-14(9-16(12)21)18(24)17(23)10-22-20(26)28-11-13-6-4-3-5-7-13/h3-9,17-18,23-24H,10-11,21H2,1-2H3,(H,22,26). The predicted molar refractivity (Wildman–Crippen MR) is 103 cm³/mol. The van der Waals surface area contributed by atoms with Crippen LogP contribution in [0.15, 0.2) is 42.5 Å². The lowest BCUT2D eigenvalue weighted by atomic mass is 9.97. The normalized spacial score (nSPS) is 12.7. The van der Waals surface area contributed by atoms with Crippen molar-refractivity contribution in [2.75, 3.05) is 19.4 Å². The summed E-state index contributed by atoms with van der Waals surface area (Å²) in [5.74, 6) is -0.602. The van der Waals surface area contributed by atoms with Gasteiger partial charge in [0.05, 0.1) is 12.7 Å². The smallest absolute Gasteiger partial charge is 0.407 e. The highest BCUT2D eigenvalue weighted by atomic mass is 16.5. The Morgan fingerprint density at radius 2 is 1.86 bits per heavy atom. The van der Waals surface area contributed by atoms with Gasteiger partial charge in [-0.25, -0.2) is 9.59 Å². The lowest BCUT2D eigenvalue weighted by Crippen LogP contribution is -2.35. The van der Waals surface area contributed by atoms with Crippen molar-refractivity contribution in [1.29, 1.82) is 0 Å². The molecule has 2 rings (SSSR count). The van der Waals surface area contributed by atoms with E-state index in [1.54, 1.807) is 6.92 Å². The number of carbonyl (C=O) groups excluding carboxylic acids is 2. The van der Waals surface area contributed by atoms with E-state index in [0.717, 1.165) is 5.56 Å². The van der Waals surface area contributed by atoms with Gasteiger partial charge in [0.15, 0.2) is 0 Å². The molecule has 0 aliphatic carbocycles. The predicted octanol–water partition coefficient (Wildman–Crippen LogP) is 1.68. The largest absolute Gasteiger partial charge is 0.465 e. The minimum Gasteiger partial charge on any atom is -0.465 e. The Bertz CT molecular complexity index is 825. The van der Waals surface area contributed by atoms with E-state index in [0.29, 0.717) is 5.56 Å². The van der Waals surface area contributed by atoms with Crippen molar-refractivity contribution >= 4 is 17.7 Å². The first-order valence-electron chi connectivity index (χ1n) is 8.62. The van der Waals surface area contributed by atoms with Crippen LogP contribution in [0, 0.1) is 6.92 Å². The van der Waals surface area contributed by atoms with Crippen molar-refractivity contribution in [3.8, 4) is 0 Å². The van der Waals surface area contributed by atoms with Crippen LogP contribution in [0.3, 0.4) is 0 Å². The third kappa shape index (κ3) is 5.45. The van der Waals surface area contributed by atoms with E-state index < -0.39 is 24.3 Å². The molecule has 5 N–H and O–H groups in total. The highest BCUT2D eigenvalue weighted by Crippen LogP contribution is 2.25. The van der Waals surface area contributed by atoms with Crippen LogP contribution >= 0.6 is 0 Å². The van der Waals surface area contributed by atoms with Gasteiger partial charge in [-0.2, -0.15) is 0 Å². The molecule has 2 atom stereocenters. The topological polar surface area (TPSA) is 131 Å². The summed E-state index contributed by atoms with van der Waals surface area (Å²) in [5.41, 5.74) is 7.92. The molecular formula is C20H24N2O6. The molecule has 150 valence electrons. The van der Waals surface area contributed by atoms with Gasteiger partial charge < -0.3 is 30.7 Å². The molecule has 0 aliphatic heterocycles. The van der Waals surface area contributed by atoms with E-state index in [-0.39, 0.29) is 30.0 Å². The monoisotopic (exact) mass is 388 g/mol. The lowest BCUT2D eigenvalue weighted by Gasteiger charge is -2.20. The molecule has 0 spiro atoms. The molecule has 2 aromatic rings. The number of aliphatic hydroxyl groups is 2. The molecule has 0 fully saturated rings. The molecule has 0 heterocycles. The second-order valence-electron chi connectivity index (χ2n) is 6.23. The summed E-state index contributed by atoms with van der Waals surface area (Å²) < 4.78 is 9.74. The van der Waals surface area contributed by atoms with Gasteiger partial charge in [0.1, 0.15) is 18.8 Å². The first-order valence-corrected chi connectivity index (χ1v) is 8.62. The van der Waals surface area contributed by atoms with Crippen molar-refractivity contribution in [3.05, 3.63) is 64.7 Å². The van der Waals surface area contributed by atoms with Gasteiger partial charge >= 0.3 is 12.1 Å². The van der Waals surface area contributed by atoms with E-state index in [4.69, 9.17) is 15.2 Å². The number of amides is 1. The molecule has 0 radical (unpaired) electrons. The molecule has 8 heteroatoms. The zero-order valence-corrected chi connectivity index (χ0v) is 15.7. The van der Waals surface area contributed by atoms with Crippen molar-refractivity contribution in [3.63, 3.8) is 0 Å². The van der Waals surface area contributed by atoms with Crippen molar-refractivity contribution in [2.24, 2.45) is 0 Å². The van der Waals surface area contributed by atoms with Gasteiger partial charge in [-0.05, 0) is 35.7 Å². The number of ether oxygens (including phenoxy) is 2. The number of carbonyl (C=O) groups is 2. The number of nitrogen functional groups attached to an aromatic ring is 1. The van der Waals surface area contributed by atoms with Gasteiger partial charge in [0.25, 0.3) is 0 Å². The summed E-state index contributed by atoms with van der Waals surface area (Å²) in [4.78, 5) is 23.6. The number of aliphatic hydroxyl groups excluding tert-OH is 2. The lowest BCUT2D eigenvalue weighted by molar-refractivity contribution is 0.0183. The number of benzene rings is 2. The number of hydrogen-bond acceptors (Lipinski definition) is 7. The van der Waals surface area contributed by atoms with Crippen molar-refractivity contribution in [1.82, 2.24) is 5.32 Å². The number of nitrogens with two attached hydrogens (primary N) is 1. The number of rotatable bonds is 7. The molecule has 8 nitrogen and oxygen atoms in total. The second kappa shape index (κ2) is 9.72. The summed E-state index contributed by atoms with van der Waals surface area (Å²) in [6.45, 7) is 1.48. The molecule has 0 bridgehead atoms. The van der Waals surface area contributed by atoms with Crippen LogP contribution in [0.25, 0.3) is 0 Å². The molecule has 0 aliphatic rings. The summed E-state index contributed by atoms with van der Waals surface area (Å²) in [7, 11) is 1.24. The maximum atomic E-state index is 11.8. The zero-order valence-electron chi connectivity index (χ0n) is 15.7. The highest BCUT2D eigenvalue weighted by molar-refractivity contribution is 5.92. The van der Waals surface area contributed by atoms with E-state index in [1.807, 2.05) is 30.3 Å². The first-order chi connectivity index (χ1) is 13.3. The quantitative estimate of drug-likeness (QED) is 0.419. The summed E-state index contributed by atoms with van der Waals surface area (Å²) in [5, 5.41) is 22.9. The van der Waals surface area contributed by atoms with Crippen LogP contribution in [0.2, 0.25) is 0 Å². The SMILES string of the molecule is COC(=O)c1cc(C(O)C(O)CNC(=O)OCc2ccccc2)cc(N)c1C. The molecule has 2 unspecified atom stereocenters. The molecule has 0 saturated carbocycles. The summed E-state index contributed by atoms with van der Waals surface area (Å²) in [6.07, 6.45) is -3.44. The van der Waals surface area contributed by atoms with E-state index in [1.165, 1.54) is 19.2 Å². The zero-order chi connectivity index (χ0) is 20.7. The molecule has 0 aromatic heterocycles. The number of methoxy groups -OCH3 is 1. The summed E-state index contributed by atoms with van der Waals surface area (Å²) in [6, 6.07) is 12.0. The first kappa shape index (κ1) is 21.2. The third-order valence-electron chi connectivity index (χ3n) is 4.25. The van der Waals surface area contributed by atoms with Crippen LogP contribution in [0.5, 0.6) is 0 Å². The average Bonchev–Trinajstić information content (AvgIpc) is 2.71. The Morgan fingerprint density at radius 3 is 2.50 bits per heavy atom. The second-order valence-corrected chi connectivity index (χ2v) is 6.23.